The van der Waals surface area contributed by atoms with Crippen LogP contribution in [-0.4, -0.2) is 41.9 Å². The van der Waals surface area contributed by atoms with Gasteiger partial charge in [-0.15, -0.1) is 0 Å². The van der Waals surface area contributed by atoms with Gasteiger partial charge in [-0.2, -0.15) is 0 Å². The third kappa shape index (κ3) is 2.93. The summed E-state index contributed by atoms with van der Waals surface area (Å²) in [5.41, 5.74) is 2.77. The third-order valence-electron chi connectivity index (χ3n) is 3.70. The largest absolute Gasteiger partial charge is 0.497 e. The van der Waals surface area contributed by atoms with Gasteiger partial charge in [-0.05, 0) is 28.6 Å². The first-order chi connectivity index (χ1) is 12.3. The second-order valence-electron chi connectivity index (χ2n) is 5.30. The summed E-state index contributed by atoms with van der Waals surface area (Å²) in [6, 6.07) is 11.7. The minimum absolute atomic E-state index is 0.620. The number of para-hydroxylation sites is 2. The number of thioether (sulfide) groups is 1. The number of hydrogen-bond donors (Lipinski definition) is 0. The summed E-state index contributed by atoms with van der Waals surface area (Å²) in [6.07, 6.45) is 1.74. The Morgan fingerprint density at radius 1 is 1.20 bits per heavy atom. The maximum absolute atomic E-state index is 5.25. The lowest BCUT2D eigenvalue weighted by Gasteiger charge is -2.07. The van der Waals surface area contributed by atoms with E-state index in [2.05, 4.69) is 20.5 Å². The number of nitrogens with zero attached hydrogens (tertiary/aromatic N) is 7. The standard InChI is InChI=1S/C16H15N7OS/c1-22-15(19-20-21-22)23-14-6-4-3-5-13(14)18-16(23)25-10-11-9-12(24-2)7-8-17-11/h3-9H,10H2,1-2H3. The van der Waals surface area contributed by atoms with Crippen molar-refractivity contribution in [1.29, 1.82) is 0 Å². The van der Waals surface area contributed by atoms with Gasteiger partial charge in [0.1, 0.15) is 5.75 Å². The van der Waals surface area contributed by atoms with E-state index in [9.17, 15) is 0 Å². The molecule has 4 rings (SSSR count). The molecule has 0 amide bonds. The molecule has 8 nitrogen and oxygen atoms in total. The summed E-state index contributed by atoms with van der Waals surface area (Å²) < 4.78 is 8.84. The van der Waals surface area contributed by atoms with Crippen molar-refractivity contribution in [3.05, 3.63) is 48.3 Å². The van der Waals surface area contributed by atoms with Crippen molar-refractivity contribution < 1.29 is 4.74 Å². The van der Waals surface area contributed by atoms with E-state index in [-0.39, 0.29) is 0 Å². The van der Waals surface area contributed by atoms with Crippen molar-refractivity contribution in [3.8, 4) is 11.7 Å². The van der Waals surface area contributed by atoms with Crippen LogP contribution in [0.4, 0.5) is 0 Å². The maximum Gasteiger partial charge on any atom is 0.256 e. The Bertz CT molecular complexity index is 1030. The number of rotatable bonds is 5. The van der Waals surface area contributed by atoms with Gasteiger partial charge < -0.3 is 4.74 Å². The molecular formula is C16H15N7OS. The van der Waals surface area contributed by atoms with E-state index in [4.69, 9.17) is 9.72 Å². The predicted octanol–water partition coefficient (Wildman–Crippen LogP) is 2.24. The summed E-state index contributed by atoms with van der Waals surface area (Å²) in [6.45, 7) is 0. The monoisotopic (exact) mass is 353 g/mol. The van der Waals surface area contributed by atoms with E-state index in [1.807, 2.05) is 48.0 Å². The first kappa shape index (κ1) is 15.6. The van der Waals surface area contributed by atoms with Crippen LogP contribution in [0.1, 0.15) is 5.69 Å². The SMILES string of the molecule is COc1ccnc(CSc2nc3ccccc3n2-c2nnnn2C)c1. The zero-order chi connectivity index (χ0) is 17.2. The number of fused-ring (bicyclic) bond motifs is 1. The second-order valence-corrected chi connectivity index (χ2v) is 6.24. The number of hydrogen-bond acceptors (Lipinski definition) is 7. The van der Waals surface area contributed by atoms with E-state index < -0.39 is 0 Å². The fourth-order valence-electron chi connectivity index (χ4n) is 2.51. The van der Waals surface area contributed by atoms with E-state index in [0.29, 0.717) is 11.7 Å². The summed E-state index contributed by atoms with van der Waals surface area (Å²) >= 11 is 1.58. The van der Waals surface area contributed by atoms with Gasteiger partial charge in [-0.1, -0.05) is 29.0 Å². The lowest BCUT2D eigenvalue weighted by atomic mass is 10.3. The molecule has 0 bridgehead atoms. The first-order valence-electron chi connectivity index (χ1n) is 7.58. The van der Waals surface area contributed by atoms with Crippen molar-refractivity contribution in [2.45, 2.75) is 10.9 Å². The summed E-state index contributed by atoms with van der Waals surface area (Å²) in [4.78, 5) is 9.11. The van der Waals surface area contributed by atoms with Gasteiger partial charge in [0.25, 0.3) is 5.95 Å². The van der Waals surface area contributed by atoms with Gasteiger partial charge in [0.05, 0.1) is 23.8 Å². The molecule has 126 valence electrons. The molecule has 0 spiro atoms. The van der Waals surface area contributed by atoms with Crippen LogP contribution in [0.5, 0.6) is 5.75 Å². The molecule has 25 heavy (non-hydrogen) atoms. The predicted molar refractivity (Wildman–Crippen MR) is 93.8 cm³/mol. The van der Waals surface area contributed by atoms with Gasteiger partial charge >= 0.3 is 0 Å². The highest BCUT2D eigenvalue weighted by Crippen LogP contribution is 2.29. The second kappa shape index (κ2) is 6.52. The summed E-state index contributed by atoms with van der Waals surface area (Å²) in [5, 5.41) is 12.6. The van der Waals surface area contributed by atoms with Crippen LogP contribution in [0.2, 0.25) is 0 Å². The van der Waals surface area contributed by atoms with E-state index in [1.54, 1.807) is 29.8 Å². The summed E-state index contributed by atoms with van der Waals surface area (Å²) in [7, 11) is 3.45. The Balaban J connectivity index is 1.73. The molecule has 9 heteroatoms. The van der Waals surface area contributed by atoms with Crippen LogP contribution in [0, 0.1) is 0 Å². The van der Waals surface area contributed by atoms with Crippen molar-refractivity contribution in [2.75, 3.05) is 7.11 Å². The van der Waals surface area contributed by atoms with Crippen molar-refractivity contribution in [3.63, 3.8) is 0 Å². The van der Waals surface area contributed by atoms with E-state index >= 15 is 0 Å². The Kier molecular flexibility index (Phi) is 4.06. The fraction of sp³-hybridized carbons (Fsp3) is 0.188. The molecule has 0 saturated heterocycles. The van der Waals surface area contributed by atoms with Crippen LogP contribution in [0.3, 0.4) is 0 Å². The molecule has 0 aliphatic carbocycles. The van der Waals surface area contributed by atoms with Crippen LogP contribution >= 0.6 is 11.8 Å². The summed E-state index contributed by atoms with van der Waals surface area (Å²) in [5.74, 6) is 2.07. The highest BCUT2D eigenvalue weighted by Gasteiger charge is 2.17. The molecule has 0 fully saturated rings. The minimum atomic E-state index is 0.620. The number of pyridine rings is 1. The third-order valence-corrected chi connectivity index (χ3v) is 4.67. The highest BCUT2D eigenvalue weighted by molar-refractivity contribution is 7.98. The number of aromatic nitrogens is 7. The Labute approximate surface area is 147 Å². The molecule has 3 aromatic heterocycles. The van der Waals surface area contributed by atoms with E-state index in [0.717, 1.165) is 27.6 Å². The van der Waals surface area contributed by atoms with Crippen molar-refractivity contribution in [1.82, 2.24) is 34.7 Å². The molecular weight excluding hydrogens is 338 g/mol. The highest BCUT2D eigenvalue weighted by atomic mass is 32.2. The average Bonchev–Trinajstić information content (AvgIpc) is 3.22. The topological polar surface area (TPSA) is 83.5 Å². The van der Waals surface area contributed by atoms with Crippen molar-refractivity contribution in [2.24, 2.45) is 7.05 Å². The zero-order valence-corrected chi connectivity index (χ0v) is 14.5. The molecule has 0 aliphatic heterocycles. The maximum atomic E-state index is 5.25. The number of benzene rings is 1. The smallest absolute Gasteiger partial charge is 0.256 e. The van der Waals surface area contributed by atoms with Gasteiger partial charge in [0.2, 0.25) is 0 Å². The molecule has 0 saturated carbocycles. The zero-order valence-electron chi connectivity index (χ0n) is 13.7. The fourth-order valence-corrected chi connectivity index (χ4v) is 3.42. The van der Waals surface area contributed by atoms with Crippen LogP contribution in [0.25, 0.3) is 17.0 Å². The van der Waals surface area contributed by atoms with Crippen LogP contribution in [0.15, 0.2) is 47.8 Å². The lowest BCUT2D eigenvalue weighted by Crippen LogP contribution is -2.05. The van der Waals surface area contributed by atoms with Crippen LogP contribution < -0.4 is 4.74 Å². The Morgan fingerprint density at radius 3 is 2.88 bits per heavy atom. The lowest BCUT2D eigenvalue weighted by molar-refractivity contribution is 0.413. The van der Waals surface area contributed by atoms with Crippen LogP contribution in [-0.2, 0) is 12.8 Å². The number of aryl methyl sites for hydroxylation is 1. The molecule has 4 aromatic rings. The number of methoxy groups -OCH3 is 1. The van der Waals surface area contributed by atoms with Gasteiger partial charge in [0.15, 0.2) is 5.16 Å². The number of ether oxygens (including phenoxy) is 1. The Morgan fingerprint density at radius 2 is 2.08 bits per heavy atom. The molecule has 3 heterocycles. The first-order valence-corrected chi connectivity index (χ1v) is 8.57. The van der Waals surface area contributed by atoms with Crippen molar-refractivity contribution >= 4 is 22.8 Å². The number of imidazole rings is 1. The molecule has 0 aliphatic rings. The molecule has 1 aromatic carbocycles. The molecule has 0 unspecified atom stereocenters. The Hall–Kier alpha value is -2.94. The molecule has 0 N–H and O–H groups in total. The quantitative estimate of drug-likeness (QED) is 0.509. The normalized spacial score (nSPS) is 11.1. The van der Waals surface area contributed by atoms with Gasteiger partial charge in [-0.25, -0.2) is 9.67 Å². The molecule has 0 atom stereocenters. The van der Waals surface area contributed by atoms with Gasteiger partial charge in [0, 0.05) is 25.1 Å². The van der Waals surface area contributed by atoms with Gasteiger partial charge in [-0.3, -0.25) is 9.55 Å². The average molecular weight is 353 g/mol. The molecule has 0 radical (unpaired) electrons. The number of tetrazole rings is 1. The van der Waals surface area contributed by atoms with E-state index in [1.165, 1.54) is 0 Å². The minimum Gasteiger partial charge on any atom is -0.497 e.